The van der Waals surface area contributed by atoms with Crippen LogP contribution in [-0.2, 0) is 6.54 Å². The fourth-order valence-electron chi connectivity index (χ4n) is 1.13. The lowest BCUT2D eigenvalue weighted by atomic mass is 10.3. The normalized spacial score (nSPS) is 10.4. The van der Waals surface area contributed by atoms with E-state index in [9.17, 15) is 0 Å². The van der Waals surface area contributed by atoms with E-state index in [1.807, 2.05) is 6.07 Å². The lowest BCUT2D eigenvalue weighted by Gasteiger charge is -2.05. The van der Waals surface area contributed by atoms with Crippen LogP contribution in [0.1, 0.15) is 5.56 Å². The zero-order chi connectivity index (χ0) is 11.4. The van der Waals surface area contributed by atoms with E-state index < -0.39 is 0 Å². The van der Waals surface area contributed by atoms with Crippen molar-refractivity contribution in [2.24, 2.45) is 5.73 Å². The molecule has 0 radical (unpaired) electrons. The van der Waals surface area contributed by atoms with Gasteiger partial charge in [-0.1, -0.05) is 11.6 Å². The molecular formula is C10H9ClN4S. The molecule has 6 heteroatoms. The van der Waals surface area contributed by atoms with Gasteiger partial charge in [0.25, 0.3) is 0 Å². The number of hydrogen-bond donors (Lipinski definition) is 1. The van der Waals surface area contributed by atoms with Gasteiger partial charge in [0.05, 0.1) is 11.2 Å². The molecule has 0 spiro atoms. The molecule has 0 amide bonds. The highest BCUT2D eigenvalue weighted by molar-refractivity contribution is 7.99. The Morgan fingerprint density at radius 3 is 2.81 bits per heavy atom. The number of rotatable bonds is 3. The summed E-state index contributed by atoms with van der Waals surface area (Å²) in [6.45, 7) is 0.398. The van der Waals surface area contributed by atoms with Crippen molar-refractivity contribution in [2.45, 2.75) is 16.6 Å². The smallest absolute Gasteiger partial charge is 0.121 e. The minimum atomic E-state index is 0.398. The molecule has 2 aromatic heterocycles. The summed E-state index contributed by atoms with van der Waals surface area (Å²) in [6, 6.07) is 1.81. The van der Waals surface area contributed by atoms with Crippen LogP contribution in [0.25, 0.3) is 0 Å². The monoisotopic (exact) mass is 252 g/mol. The van der Waals surface area contributed by atoms with Gasteiger partial charge in [0.2, 0.25) is 0 Å². The molecule has 2 rings (SSSR count). The van der Waals surface area contributed by atoms with E-state index in [1.165, 1.54) is 11.8 Å². The lowest BCUT2D eigenvalue weighted by molar-refractivity contribution is 1.01. The molecule has 0 saturated heterocycles. The Kier molecular flexibility index (Phi) is 3.71. The van der Waals surface area contributed by atoms with Gasteiger partial charge in [0.1, 0.15) is 10.1 Å². The summed E-state index contributed by atoms with van der Waals surface area (Å²) in [7, 11) is 0. The molecule has 2 N–H and O–H groups in total. The van der Waals surface area contributed by atoms with E-state index in [-0.39, 0.29) is 0 Å². The zero-order valence-corrected chi connectivity index (χ0v) is 9.87. The van der Waals surface area contributed by atoms with Crippen LogP contribution < -0.4 is 5.73 Å². The summed E-state index contributed by atoms with van der Waals surface area (Å²) in [6.07, 6.45) is 6.60. The third-order valence-electron chi connectivity index (χ3n) is 1.90. The standard InChI is InChI=1S/C10H9ClN4S/c11-9-7(5-12)1-2-15-10(9)16-8-6-13-3-4-14-8/h1-4,6H,5,12H2. The maximum atomic E-state index is 6.15. The molecule has 0 aliphatic rings. The van der Waals surface area contributed by atoms with Gasteiger partial charge >= 0.3 is 0 Å². The van der Waals surface area contributed by atoms with Crippen molar-refractivity contribution in [2.75, 3.05) is 0 Å². The highest BCUT2D eigenvalue weighted by Crippen LogP contribution is 2.31. The number of nitrogens with zero attached hydrogens (tertiary/aromatic N) is 3. The van der Waals surface area contributed by atoms with Gasteiger partial charge < -0.3 is 5.73 Å². The van der Waals surface area contributed by atoms with Crippen molar-refractivity contribution in [3.8, 4) is 0 Å². The summed E-state index contributed by atoms with van der Waals surface area (Å²) >= 11 is 7.52. The Bertz CT molecular complexity index is 478. The summed E-state index contributed by atoms with van der Waals surface area (Å²) in [5.74, 6) is 0. The van der Waals surface area contributed by atoms with E-state index in [0.29, 0.717) is 16.6 Å². The second-order valence-corrected chi connectivity index (χ2v) is 4.33. The van der Waals surface area contributed by atoms with E-state index in [4.69, 9.17) is 17.3 Å². The van der Waals surface area contributed by atoms with Gasteiger partial charge in [-0.15, -0.1) is 0 Å². The fourth-order valence-corrected chi connectivity index (χ4v) is 2.19. The molecule has 2 heterocycles. The van der Waals surface area contributed by atoms with Gasteiger partial charge in [-0.2, -0.15) is 0 Å². The Morgan fingerprint density at radius 2 is 2.12 bits per heavy atom. The maximum absolute atomic E-state index is 6.15. The molecule has 0 atom stereocenters. The molecule has 82 valence electrons. The number of halogens is 1. The van der Waals surface area contributed by atoms with Crippen LogP contribution in [0.3, 0.4) is 0 Å². The molecule has 0 unspecified atom stereocenters. The third kappa shape index (κ3) is 2.49. The van der Waals surface area contributed by atoms with Crippen molar-refractivity contribution in [1.29, 1.82) is 0 Å². The highest BCUT2D eigenvalue weighted by atomic mass is 35.5. The average molecular weight is 253 g/mol. The molecule has 0 saturated carbocycles. The largest absolute Gasteiger partial charge is 0.326 e. The van der Waals surface area contributed by atoms with Gasteiger partial charge in [-0.25, -0.2) is 9.97 Å². The Balaban J connectivity index is 2.28. The minimum Gasteiger partial charge on any atom is -0.326 e. The predicted molar refractivity (Wildman–Crippen MR) is 63.3 cm³/mol. The predicted octanol–water partition coefficient (Wildman–Crippen LogP) is 2.13. The number of pyridine rings is 1. The van der Waals surface area contributed by atoms with Gasteiger partial charge in [-0.3, -0.25) is 4.98 Å². The van der Waals surface area contributed by atoms with Gasteiger partial charge in [0.15, 0.2) is 0 Å². The first-order valence-electron chi connectivity index (χ1n) is 4.58. The van der Waals surface area contributed by atoms with Gasteiger partial charge in [0, 0.05) is 25.1 Å². The minimum absolute atomic E-state index is 0.398. The third-order valence-corrected chi connectivity index (χ3v) is 3.35. The first kappa shape index (κ1) is 11.3. The summed E-state index contributed by atoms with van der Waals surface area (Å²) < 4.78 is 0. The maximum Gasteiger partial charge on any atom is 0.121 e. The van der Waals surface area contributed by atoms with Crippen molar-refractivity contribution < 1.29 is 0 Å². The van der Waals surface area contributed by atoms with Crippen molar-refractivity contribution in [3.63, 3.8) is 0 Å². The Labute approximate surface area is 102 Å². The first-order chi connectivity index (χ1) is 7.81. The molecular weight excluding hydrogens is 244 g/mol. The fraction of sp³-hybridized carbons (Fsp3) is 0.100. The van der Waals surface area contributed by atoms with E-state index in [0.717, 1.165) is 10.6 Å². The van der Waals surface area contributed by atoms with Crippen molar-refractivity contribution in [3.05, 3.63) is 41.4 Å². The second-order valence-electron chi connectivity index (χ2n) is 2.94. The zero-order valence-electron chi connectivity index (χ0n) is 8.30. The number of aromatic nitrogens is 3. The summed E-state index contributed by atoms with van der Waals surface area (Å²) in [4.78, 5) is 12.3. The topological polar surface area (TPSA) is 64.7 Å². The molecule has 0 fully saturated rings. The summed E-state index contributed by atoms with van der Waals surface area (Å²) in [5.41, 5.74) is 6.44. The SMILES string of the molecule is NCc1ccnc(Sc2cnccn2)c1Cl. The lowest BCUT2D eigenvalue weighted by Crippen LogP contribution is -1.98. The van der Waals surface area contributed by atoms with E-state index >= 15 is 0 Å². The average Bonchev–Trinajstić information content (AvgIpc) is 2.33. The first-order valence-corrected chi connectivity index (χ1v) is 5.78. The second kappa shape index (κ2) is 5.25. The molecule has 0 bridgehead atoms. The van der Waals surface area contributed by atoms with Crippen LogP contribution >= 0.6 is 23.4 Å². The van der Waals surface area contributed by atoms with Gasteiger partial charge in [-0.05, 0) is 23.4 Å². The molecule has 0 aliphatic heterocycles. The molecule has 0 aliphatic carbocycles. The highest BCUT2D eigenvalue weighted by Gasteiger charge is 2.08. The molecule has 4 nitrogen and oxygen atoms in total. The van der Waals surface area contributed by atoms with Crippen molar-refractivity contribution in [1.82, 2.24) is 15.0 Å². The summed E-state index contributed by atoms with van der Waals surface area (Å²) in [5, 5.41) is 2.04. The van der Waals surface area contributed by atoms with E-state index in [2.05, 4.69) is 15.0 Å². The van der Waals surface area contributed by atoms with Crippen LogP contribution in [0.5, 0.6) is 0 Å². The molecule has 2 aromatic rings. The Morgan fingerprint density at radius 1 is 1.25 bits per heavy atom. The number of nitrogens with two attached hydrogens (primary N) is 1. The van der Waals surface area contributed by atoms with Crippen LogP contribution in [0.2, 0.25) is 5.02 Å². The van der Waals surface area contributed by atoms with Crippen LogP contribution in [-0.4, -0.2) is 15.0 Å². The van der Waals surface area contributed by atoms with Crippen LogP contribution in [0.15, 0.2) is 40.9 Å². The molecule has 16 heavy (non-hydrogen) atoms. The molecule has 0 aromatic carbocycles. The van der Waals surface area contributed by atoms with Crippen LogP contribution in [0, 0.1) is 0 Å². The van der Waals surface area contributed by atoms with Crippen molar-refractivity contribution >= 4 is 23.4 Å². The van der Waals surface area contributed by atoms with E-state index in [1.54, 1.807) is 24.8 Å². The number of hydrogen-bond acceptors (Lipinski definition) is 5. The quantitative estimate of drug-likeness (QED) is 0.907. The Hall–Kier alpha value is -1.17. The van der Waals surface area contributed by atoms with Crippen LogP contribution in [0.4, 0.5) is 0 Å².